The van der Waals surface area contributed by atoms with Gasteiger partial charge in [0, 0.05) is 10.5 Å². The van der Waals surface area contributed by atoms with E-state index < -0.39 is 6.10 Å². The molecule has 0 aromatic heterocycles. The number of benzene rings is 2. The summed E-state index contributed by atoms with van der Waals surface area (Å²) in [7, 11) is 0. The van der Waals surface area contributed by atoms with E-state index in [0.717, 1.165) is 10.5 Å². The molecule has 0 aliphatic carbocycles. The third kappa shape index (κ3) is 3.85. The van der Waals surface area contributed by atoms with Gasteiger partial charge < -0.3 is 5.11 Å². The van der Waals surface area contributed by atoms with Crippen LogP contribution in [0.25, 0.3) is 0 Å². The summed E-state index contributed by atoms with van der Waals surface area (Å²) < 4.78 is 12.7. The van der Waals surface area contributed by atoms with Crippen LogP contribution in [0.15, 0.2) is 53.4 Å². The Kier molecular flexibility index (Phi) is 4.62. The van der Waals surface area contributed by atoms with Crippen LogP contribution >= 0.6 is 11.8 Å². The second-order valence-electron chi connectivity index (χ2n) is 3.95. The molecule has 0 amide bonds. The van der Waals surface area contributed by atoms with Crippen molar-refractivity contribution in [2.75, 3.05) is 6.26 Å². The summed E-state index contributed by atoms with van der Waals surface area (Å²) in [4.78, 5) is 1.14. The highest BCUT2D eigenvalue weighted by Crippen LogP contribution is 2.18. The van der Waals surface area contributed by atoms with Gasteiger partial charge in [-0.05, 0) is 48.2 Å². The van der Waals surface area contributed by atoms with Gasteiger partial charge in [-0.1, -0.05) is 24.0 Å². The van der Waals surface area contributed by atoms with E-state index in [2.05, 4.69) is 11.8 Å². The highest BCUT2D eigenvalue weighted by molar-refractivity contribution is 7.98. The smallest absolute Gasteiger partial charge is 0.140 e. The van der Waals surface area contributed by atoms with Crippen molar-refractivity contribution in [1.29, 1.82) is 0 Å². The van der Waals surface area contributed by atoms with E-state index in [0.29, 0.717) is 5.56 Å². The van der Waals surface area contributed by atoms with Crippen molar-refractivity contribution in [3.05, 3.63) is 65.5 Å². The molecule has 2 aromatic rings. The predicted molar refractivity (Wildman–Crippen MR) is 76.5 cm³/mol. The maximum atomic E-state index is 12.7. The monoisotopic (exact) mass is 272 g/mol. The Hall–Kier alpha value is -1.76. The van der Waals surface area contributed by atoms with E-state index in [9.17, 15) is 9.50 Å². The summed E-state index contributed by atoms with van der Waals surface area (Å²) in [6.45, 7) is 0. The topological polar surface area (TPSA) is 20.2 Å². The minimum atomic E-state index is -0.832. The Bertz CT molecular complexity index is 593. The van der Waals surface area contributed by atoms with Gasteiger partial charge in [-0.25, -0.2) is 4.39 Å². The van der Waals surface area contributed by atoms with Gasteiger partial charge in [0.1, 0.15) is 11.9 Å². The molecule has 2 aromatic carbocycles. The van der Waals surface area contributed by atoms with Gasteiger partial charge in [0.25, 0.3) is 0 Å². The average molecular weight is 272 g/mol. The van der Waals surface area contributed by atoms with Crippen LogP contribution in [0.2, 0.25) is 0 Å². The summed E-state index contributed by atoms with van der Waals surface area (Å²) in [5.41, 5.74) is 1.44. The highest BCUT2D eigenvalue weighted by Gasteiger charge is 2.02. The molecule has 0 aliphatic rings. The molecule has 1 N–H and O–H groups in total. The van der Waals surface area contributed by atoms with Crippen LogP contribution in [0.5, 0.6) is 0 Å². The van der Waals surface area contributed by atoms with Crippen molar-refractivity contribution in [3.63, 3.8) is 0 Å². The second-order valence-corrected chi connectivity index (χ2v) is 4.83. The molecule has 0 saturated carbocycles. The summed E-state index contributed by atoms with van der Waals surface area (Å²) >= 11 is 1.65. The lowest BCUT2D eigenvalue weighted by Gasteiger charge is -2.04. The molecule has 1 nitrogen and oxygen atoms in total. The van der Waals surface area contributed by atoms with Gasteiger partial charge >= 0.3 is 0 Å². The standard InChI is InChI=1S/C16H13FOS/c1-19-15-9-5-13(6-10-15)16(18)11-4-12-2-7-14(17)8-3-12/h2-3,5-10,16,18H,1H3. The van der Waals surface area contributed by atoms with E-state index in [4.69, 9.17) is 0 Å². The molecule has 0 aliphatic heterocycles. The number of hydrogen-bond donors (Lipinski definition) is 1. The molecule has 0 fully saturated rings. The quantitative estimate of drug-likeness (QED) is 0.665. The molecule has 0 spiro atoms. The van der Waals surface area contributed by atoms with E-state index >= 15 is 0 Å². The fourth-order valence-electron chi connectivity index (χ4n) is 1.55. The highest BCUT2D eigenvalue weighted by atomic mass is 32.2. The minimum absolute atomic E-state index is 0.293. The largest absolute Gasteiger partial charge is 0.376 e. The molecule has 3 heteroatoms. The lowest BCUT2D eigenvalue weighted by molar-refractivity contribution is 0.238. The molecular formula is C16H13FOS. The van der Waals surface area contributed by atoms with Crippen LogP contribution < -0.4 is 0 Å². The Morgan fingerprint density at radius 2 is 1.68 bits per heavy atom. The van der Waals surface area contributed by atoms with E-state index in [1.807, 2.05) is 30.5 Å². The number of aliphatic hydroxyl groups excluding tert-OH is 1. The van der Waals surface area contributed by atoms with Gasteiger partial charge in [-0.3, -0.25) is 0 Å². The van der Waals surface area contributed by atoms with Crippen LogP contribution in [-0.2, 0) is 0 Å². The summed E-state index contributed by atoms with van der Waals surface area (Å²) in [5.74, 6) is 5.28. The van der Waals surface area contributed by atoms with Crippen molar-refractivity contribution < 1.29 is 9.50 Å². The van der Waals surface area contributed by atoms with Gasteiger partial charge in [0.05, 0.1) is 0 Å². The molecule has 0 saturated heterocycles. The number of rotatable bonds is 2. The second kappa shape index (κ2) is 6.42. The first kappa shape index (κ1) is 13.7. The van der Waals surface area contributed by atoms with Crippen molar-refractivity contribution in [3.8, 4) is 11.8 Å². The number of halogens is 1. The average Bonchev–Trinajstić information content (AvgIpc) is 2.46. The van der Waals surface area contributed by atoms with Crippen molar-refractivity contribution in [2.24, 2.45) is 0 Å². The SMILES string of the molecule is CSc1ccc(C(O)C#Cc2ccc(F)cc2)cc1. The summed E-state index contributed by atoms with van der Waals surface area (Å²) in [5, 5.41) is 9.95. The maximum Gasteiger partial charge on any atom is 0.140 e. The van der Waals surface area contributed by atoms with Crippen molar-refractivity contribution in [2.45, 2.75) is 11.0 Å². The van der Waals surface area contributed by atoms with Crippen LogP contribution in [0, 0.1) is 17.7 Å². The van der Waals surface area contributed by atoms with E-state index in [1.165, 1.54) is 12.1 Å². The lowest BCUT2D eigenvalue weighted by Crippen LogP contribution is -1.93. The fraction of sp³-hybridized carbons (Fsp3) is 0.125. The molecule has 2 rings (SSSR count). The fourth-order valence-corrected chi connectivity index (χ4v) is 1.96. The molecule has 19 heavy (non-hydrogen) atoms. The van der Waals surface area contributed by atoms with Crippen molar-refractivity contribution in [1.82, 2.24) is 0 Å². The molecule has 0 bridgehead atoms. The van der Waals surface area contributed by atoms with Crippen LogP contribution in [0.3, 0.4) is 0 Å². The van der Waals surface area contributed by atoms with Crippen LogP contribution in [-0.4, -0.2) is 11.4 Å². The van der Waals surface area contributed by atoms with Crippen LogP contribution in [0.1, 0.15) is 17.2 Å². The zero-order valence-electron chi connectivity index (χ0n) is 10.4. The predicted octanol–water partition coefficient (Wildman–Crippen LogP) is 3.63. The van der Waals surface area contributed by atoms with Gasteiger partial charge in [-0.15, -0.1) is 11.8 Å². The van der Waals surface area contributed by atoms with Gasteiger partial charge in [-0.2, -0.15) is 0 Å². The first-order chi connectivity index (χ1) is 9.19. The zero-order chi connectivity index (χ0) is 13.7. The zero-order valence-corrected chi connectivity index (χ0v) is 11.2. The van der Waals surface area contributed by atoms with Crippen LogP contribution in [0.4, 0.5) is 4.39 Å². The third-order valence-electron chi connectivity index (χ3n) is 2.63. The normalized spacial score (nSPS) is 11.5. The van der Waals surface area contributed by atoms with Gasteiger partial charge in [0.2, 0.25) is 0 Å². The first-order valence-electron chi connectivity index (χ1n) is 5.78. The van der Waals surface area contributed by atoms with Gasteiger partial charge in [0.15, 0.2) is 0 Å². The Balaban J connectivity index is 2.12. The molecule has 1 atom stereocenters. The maximum absolute atomic E-state index is 12.7. The molecule has 1 unspecified atom stereocenters. The van der Waals surface area contributed by atoms with Crippen molar-refractivity contribution >= 4 is 11.8 Å². The number of thioether (sulfide) groups is 1. The Morgan fingerprint density at radius 3 is 2.26 bits per heavy atom. The Labute approximate surface area is 116 Å². The first-order valence-corrected chi connectivity index (χ1v) is 7.00. The molecular weight excluding hydrogens is 259 g/mol. The van der Waals surface area contributed by atoms with E-state index in [-0.39, 0.29) is 5.82 Å². The number of hydrogen-bond acceptors (Lipinski definition) is 2. The minimum Gasteiger partial charge on any atom is -0.376 e. The molecule has 96 valence electrons. The molecule has 0 heterocycles. The Morgan fingerprint density at radius 1 is 1.05 bits per heavy atom. The summed E-state index contributed by atoms with van der Waals surface area (Å²) in [6, 6.07) is 13.5. The lowest BCUT2D eigenvalue weighted by atomic mass is 10.1. The molecule has 0 radical (unpaired) electrons. The third-order valence-corrected chi connectivity index (χ3v) is 3.37. The summed E-state index contributed by atoms with van der Waals surface area (Å²) in [6.07, 6.45) is 1.17. The number of aliphatic hydroxyl groups is 1. The van der Waals surface area contributed by atoms with E-state index in [1.54, 1.807) is 23.9 Å².